The van der Waals surface area contributed by atoms with E-state index in [-0.39, 0.29) is 5.84 Å². The Bertz CT molecular complexity index is 741. The Morgan fingerprint density at radius 3 is 2.39 bits per heavy atom. The number of nitrogens with two attached hydrogens (primary N) is 1. The third-order valence-corrected chi connectivity index (χ3v) is 3.27. The number of methoxy groups -OCH3 is 2. The number of aryl methyl sites for hydroxylation is 1. The molecular weight excluding hydrogens is 296 g/mol. The number of oxime groups is 1. The molecule has 0 saturated heterocycles. The third kappa shape index (κ3) is 3.79. The third-order valence-electron chi connectivity index (χ3n) is 3.27. The largest absolute Gasteiger partial charge is 0.493 e. The second-order valence-corrected chi connectivity index (χ2v) is 4.74. The van der Waals surface area contributed by atoms with E-state index in [1.165, 1.54) is 7.11 Å². The number of amidine groups is 1. The number of rotatable bonds is 5. The summed E-state index contributed by atoms with van der Waals surface area (Å²) in [6, 6.07) is 12.1. The van der Waals surface area contributed by atoms with Crippen molar-refractivity contribution in [1.82, 2.24) is 0 Å². The number of benzene rings is 2. The van der Waals surface area contributed by atoms with Crippen molar-refractivity contribution >= 4 is 11.8 Å². The molecular formula is C17H18N2O4. The van der Waals surface area contributed by atoms with Gasteiger partial charge in [-0.05, 0) is 36.8 Å². The van der Waals surface area contributed by atoms with Crippen LogP contribution in [0.4, 0.5) is 0 Å². The Morgan fingerprint density at radius 1 is 1.04 bits per heavy atom. The van der Waals surface area contributed by atoms with Gasteiger partial charge in [0, 0.05) is 5.56 Å². The Labute approximate surface area is 134 Å². The minimum Gasteiger partial charge on any atom is -0.493 e. The van der Waals surface area contributed by atoms with Gasteiger partial charge in [0.05, 0.1) is 19.8 Å². The minimum absolute atomic E-state index is 0.0629. The van der Waals surface area contributed by atoms with Gasteiger partial charge in [-0.1, -0.05) is 23.4 Å². The molecule has 0 amide bonds. The minimum atomic E-state index is -0.563. The summed E-state index contributed by atoms with van der Waals surface area (Å²) in [7, 11) is 3.06. The molecule has 0 aromatic heterocycles. The van der Waals surface area contributed by atoms with Gasteiger partial charge in [-0.15, -0.1) is 0 Å². The molecule has 0 heterocycles. The van der Waals surface area contributed by atoms with Crippen LogP contribution in [0.5, 0.6) is 11.5 Å². The van der Waals surface area contributed by atoms with Crippen LogP contribution in [0.2, 0.25) is 0 Å². The molecule has 2 rings (SSSR count). The van der Waals surface area contributed by atoms with Crippen LogP contribution >= 0.6 is 0 Å². The van der Waals surface area contributed by atoms with E-state index in [0.717, 1.165) is 5.56 Å². The number of carbonyl (C=O) groups excluding carboxylic acids is 1. The van der Waals surface area contributed by atoms with Crippen LogP contribution in [-0.2, 0) is 4.84 Å². The quantitative estimate of drug-likeness (QED) is 0.397. The number of hydrogen-bond donors (Lipinski definition) is 1. The molecule has 0 fully saturated rings. The number of carbonyl (C=O) groups is 1. The summed E-state index contributed by atoms with van der Waals surface area (Å²) in [6.45, 7) is 1.82. The molecule has 0 atom stereocenters. The van der Waals surface area contributed by atoms with Crippen molar-refractivity contribution in [3.8, 4) is 11.5 Å². The second kappa shape index (κ2) is 7.31. The van der Waals surface area contributed by atoms with E-state index in [1.807, 2.05) is 19.1 Å². The van der Waals surface area contributed by atoms with Gasteiger partial charge in [-0.2, -0.15) is 0 Å². The zero-order valence-electron chi connectivity index (χ0n) is 13.2. The average Bonchev–Trinajstić information content (AvgIpc) is 2.59. The Hall–Kier alpha value is -3.02. The summed E-state index contributed by atoms with van der Waals surface area (Å²) in [5.74, 6) is 0.578. The van der Waals surface area contributed by atoms with Crippen LogP contribution in [-0.4, -0.2) is 26.0 Å². The maximum Gasteiger partial charge on any atom is 0.366 e. The lowest BCUT2D eigenvalue weighted by Gasteiger charge is -2.09. The van der Waals surface area contributed by atoms with Crippen molar-refractivity contribution in [2.75, 3.05) is 14.2 Å². The summed E-state index contributed by atoms with van der Waals surface area (Å²) >= 11 is 0. The zero-order valence-corrected chi connectivity index (χ0v) is 13.2. The summed E-state index contributed by atoms with van der Waals surface area (Å²) < 4.78 is 10.3. The van der Waals surface area contributed by atoms with Crippen molar-refractivity contribution in [3.63, 3.8) is 0 Å². The maximum absolute atomic E-state index is 12.0. The van der Waals surface area contributed by atoms with E-state index in [0.29, 0.717) is 22.6 Å². The Balaban J connectivity index is 2.17. The topological polar surface area (TPSA) is 83.1 Å². The first kappa shape index (κ1) is 16.4. The van der Waals surface area contributed by atoms with E-state index in [4.69, 9.17) is 20.0 Å². The number of nitrogens with zero attached hydrogens (tertiary/aromatic N) is 1. The van der Waals surface area contributed by atoms with Gasteiger partial charge in [0.25, 0.3) is 0 Å². The highest BCUT2D eigenvalue weighted by Gasteiger charge is 2.11. The fourth-order valence-corrected chi connectivity index (χ4v) is 1.99. The second-order valence-electron chi connectivity index (χ2n) is 4.74. The summed E-state index contributed by atoms with van der Waals surface area (Å²) in [5.41, 5.74) is 7.65. The summed E-state index contributed by atoms with van der Waals surface area (Å²) in [6.07, 6.45) is 0. The predicted octanol–water partition coefficient (Wildman–Crippen LogP) is 2.49. The fraction of sp³-hybridized carbons (Fsp3) is 0.176. The van der Waals surface area contributed by atoms with Gasteiger partial charge < -0.3 is 20.0 Å². The van der Waals surface area contributed by atoms with Gasteiger partial charge in [-0.25, -0.2) is 4.79 Å². The smallest absolute Gasteiger partial charge is 0.366 e. The van der Waals surface area contributed by atoms with E-state index in [1.54, 1.807) is 37.4 Å². The standard InChI is InChI=1S/C17H18N2O4/c1-11-6-4-5-7-13(11)17(20)23-19-16(18)12-8-9-14(21-2)15(10-12)22-3/h4-10H,1-3H3,(H2,18,19). The van der Waals surface area contributed by atoms with Gasteiger partial charge in [0.2, 0.25) is 0 Å². The van der Waals surface area contributed by atoms with E-state index in [9.17, 15) is 4.79 Å². The number of ether oxygens (including phenoxy) is 2. The highest BCUT2D eigenvalue weighted by Crippen LogP contribution is 2.27. The maximum atomic E-state index is 12.0. The van der Waals surface area contributed by atoms with Gasteiger partial charge in [0.15, 0.2) is 17.3 Å². The van der Waals surface area contributed by atoms with Gasteiger partial charge >= 0.3 is 5.97 Å². The zero-order chi connectivity index (χ0) is 16.8. The van der Waals surface area contributed by atoms with Crippen LogP contribution in [0.25, 0.3) is 0 Å². The van der Waals surface area contributed by atoms with Crippen LogP contribution in [0.1, 0.15) is 21.5 Å². The monoisotopic (exact) mass is 314 g/mol. The molecule has 0 aliphatic heterocycles. The van der Waals surface area contributed by atoms with E-state index < -0.39 is 5.97 Å². The fourth-order valence-electron chi connectivity index (χ4n) is 1.99. The molecule has 2 aromatic carbocycles. The van der Waals surface area contributed by atoms with Crippen LogP contribution in [0.3, 0.4) is 0 Å². The normalized spacial score (nSPS) is 11.0. The van der Waals surface area contributed by atoms with E-state index in [2.05, 4.69) is 5.16 Å². The first-order chi connectivity index (χ1) is 11.1. The van der Waals surface area contributed by atoms with E-state index >= 15 is 0 Å². The molecule has 0 saturated carbocycles. The lowest BCUT2D eigenvalue weighted by molar-refractivity contribution is 0.0515. The van der Waals surface area contributed by atoms with Crippen LogP contribution < -0.4 is 15.2 Å². The molecule has 2 N–H and O–H groups in total. The average molecular weight is 314 g/mol. The molecule has 6 heteroatoms. The highest BCUT2D eigenvalue weighted by atomic mass is 16.7. The Morgan fingerprint density at radius 2 is 1.74 bits per heavy atom. The summed E-state index contributed by atoms with van der Waals surface area (Å²) in [5, 5.41) is 3.69. The highest BCUT2D eigenvalue weighted by molar-refractivity contribution is 5.98. The first-order valence-electron chi connectivity index (χ1n) is 6.89. The lowest BCUT2D eigenvalue weighted by Crippen LogP contribution is -2.15. The molecule has 6 nitrogen and oxygen atoms in total. The molecule has 0 bridgehead atoms. The van der Waals surface area contributed by atoms with Crippen molar-refractivity contribution in [1.29, 1.82) is 0 Å². The first-order valence-corrected chi connectivity index (χ1v) is 6.89. The van der Waals surface area contributed by atoms with Gasteiger partial charge in [-0.3, -0.25) is 0 Å². The van der Waals surface area contributed by atoms with Crippen LogP contribution in [0, 0.1) is 6.92 Å². The predicted molar refractivity (Wildman–Crippen MR) is 86.9 cm³/mol. The molecule has 0 spiro atoms. The van der Waals surface area contributed by atoms with Crippen LogP contribution in [0.15, 0.2) is 47.6 Å². The molecule has 2 aromatic rings. The van der Waals surface area contributed by atoms with Crippen molar-refractivity contribution in [3.05, 3.63) is 59.2 Å². The molecule has 120 valence electrons. The number of hydrogen-bond acceptors (Lipinski definition) is 5. The molecule has 0 aliphatic rings. The summed E-state index contributed by atoms with van der Waals surface area (Å²) in [4.78, 5) is 16.9. The van der Waals surface area contributed by atoms with Crippen molar-refractivity contribution < 1.29 is 19.1 Å². The molecule has 23 heavy (non-hydrogen) atoms. The molecule has 0 aliphatic carbocycles. The van der Waals surface area contributed by atoms with Crippen molar-refractivity contribution in [2.45, 2.75) is 6.92 Å². The Kier molecular flexibility index (Phi) is 5.19. The molecule has 0 unspecified atom stereocenters. The molecule has 0 radical (unpaired) electrons. The lowest BCUT2D eigenvalue weighted by atomic mass is 10.1. The van der Waals surface area contributed by atoms with Crippen molar-refractivity contribution in [2.24, 2.45) is 10.9 Å². The SMILES string of the molecule is COc1ccc(/C(N)=N/OC(=O)c2ccccc2C)cc1OC. The van der Waals surface area contributed by atoms with Gasteiger partial charge in [0.1, 0.15) is 0 Å².